The molecule has 1 atom stereocenters. The molecule has 0 spiro atoms. The summed E-state index contributed by atoms with van der Waals surface area (Å²) < 4.78 is 132. The van der Waals surface area contributed by atoms with Crippen LogP contribution < -0.4 is 14.8 Å². The highest BCUT2D eigenvalue weighted by Gasteiger charge is 2.43. The van der Waals surface area contributed by atoms with Gasteiger partial charge >= 0.3 is 5.97 Å². The van der Waals surface area contributed by atoms with Gasteiger partial charge in [0.15, 0.2) is 13.1 Å². The summed E-state index contributed by atoms with van der Waals surface area (Å²) in [6, 6.07) is 12.1. The SMILES string of the molecule is COCCOCCOCCOCCOCC[N+](CCOCCOCCOCCOCCO)=c1ccc2c(C(C)(C)C)cc(/C=C/C=C3/N(CCCCCC(=O)ON4C(=O)CCC4=O)c4ccc(S(=O)(=O)[O-])cc4C3(C)CCCS(=O)(=O)[O-])oc-2c1. The van der Waals surface area contributed by atoms with Crippen molar-refractivity contribution in [2.24, 2.45) is 0 Å². The first-order chi connectivity index (χ1) is 40.7. The van der Waals surface area contributed by atoms with Crippen LogP contribution in [0.2, 0.25) is 0 Å². The summed E-state index contributed by atoms with van der Waals surface area (Å²) in [4.78, 5) is 43.1. The zero-order chi connectivity index (χ0) is 61.7. The number of amides is 2. The number of allylic oxidation sites excluding steroid dienone is 3. The van der Waals surface area contributed by atoms with Crippen LogP contribution in [0.25, 0.3) is 17.4 Å². The monoisotopic (exact) mass is 1240 g/mol. The maximum absolute atomic E-state index is 12.6. The van der Waals surface area contributed by atoms with Crippen LogP contribution in [0.3, 0.4) is 0 Å². The molecule has 1 unspecified atom stereocenters. The molecule has 24 nitrogen and oxygen atoms in total. The van der Waals surface area contributed by atoms with Crippen molar-refractivity contribution in [1.82, 2.24) is 9.64 Å². The van der Waals surface area contributed by atoms with Gasteiger partial charge in [0.25, 0.3) is 11.8 Å². The summed E-state index contributed by atoms with van der Waals surface area (Å²) in [7, 11) is -7.93. The van der Waals surface area contributed by atoms with Gasteiger partial charge < -0.3 is 71.0 Å². The fourth-order valence-corrected chi connectivity index (χ4v) is 10.6. The molecular weight excluding hydrogens is 1150 g/mol. The molecule has 2 amide bonds. The Hall–Kier alpha value is -5.04. The summed E-state index contributed by atoms with van der Waals surface area (Å²) in [5, 5.41) is 10.2. The number of anilines is 1. The molecule has 0 bridgehead atoms. The van der Waals surface area contributed by atoms with E-state index in [0.717, 1.165) is 16.5 Å². The number of fused-ring (bicyclic) bond motifs is 2. The molecular formula is C59H86N3O21S2-. The molecule has 1 aliphatic carbocycles. The van der Waals surface area contributed by atoms with E-state index in [2.05, 4.69) is 25.3 Å². The lowest BCUT2D eigenvalue weighted by Crippen LogP contribution is -2.36. The standard InChI is InChI=1S/C59H87N3O21S2/c1-58(2,3)50-44-47(82-53-43-46(14-16-49(50)53)60(22-25-74-30-33-78-38-40-80-35-32-76-27-24-63)23-26-75-31-34-79-39-41-81-37-36-77-29-28-73-5)11-9-12-54-59(4,20-10-42-84(67,68)69)51-45-48(85(70,71)72)15-17-52(51)61(54)21-8-6-7-13-57(66)83-62-55(64)18-19-56(62)65/h9,11-12,14-17,43-45,63H,6-8,10,13,18-42H2,1-5H3,(H-,67,68,69,70,71,72)/p-1. The molecule has 476 valence electrons. The maximum atomic E-state index is 12.6. The number of methoxy groups -OCH3 is 1. The van der Waals surface area contributed by atoms with Crippen LogP contribution >= 0.6 is 0 Å². The molecule has 1 N–H and O–H groups in total. The van der Waals surface area contributed by atoms with E-state index >= 15 is 0 Å². The molecule has 3 aliphatic heterocycles. The van der Waals surface area contributed by atoms with E-state index in [-0.39, 0.29) is 50.7 Å². The molecule has 3 heterocycles. The molecule has 0 saturated carbocycles. The third kappa shape index (κ3) is 24.2. The van der Waals surface area contributed by atoms with E-state index in [1.54, 1.807) is 19.3 Å². The van der Waals surface area contributed by atoms with Gasteiger partial charge in [0, 0.05) is 67.1 Å². The minimum atomic E-state index is -4.92. The number of hydroxylamine groups is 2. The normalized spacial score (nSPS) is 16.7. The van der Waals surface area contributed by atoms with Gasteiger partial charge in [-0.15, -0.1) is 5.06 Å². The number of carbonyl (C=O) groups is 3. The zero-order valence-electron chi connectivity index (χ0n) is 49.8. The van der Waals surface area contributed by atoms with Crippen molar-refractivity contribution < 1.29 is 97.3 Å². The Morgan fingerprint density at radius 3 is 1.80 bits per heavy atom. The Morgan fingerprint density at radius 1 is 0.718 bits per heavy atom. The van der Waals surface area contributed by atoms with E-state index in [1.807, 2.05) is 42.2 Å². The van der Waals surface area contributed by atoms with E-state index in [0.29, 0.717) is 178 Å². The highest BCUT2D eigenvalue weighted by atomic mass is 32.2. The van der Waals surface area contributed by atoms with Crippen molar-refractivity contribution in [2.75, 3.05) is 156 Å². The zero-order valence-corrected chi connectivity index (χ0v) is 51.4. The fourth-order valence-electron chi connectivity index (χ4n) is 9.59. The van der Waals surface area contributed by atoms with Gasteiger partial charge in [-0.3, -0.25) is 9.59 Å². The molecule has 26 heteroatoms. The molecule has 5 rings (SSSR count). The number of ether oxygens (including phenoxy) is 9. The molecule has 0 aromatic heterocycles. The highest BCUT2D eigenvalue weighted by molar-refractivity contribution is 7.86. The van der Waals surface area contributed by atoms with Crippen LogP contribution in [0.5, 0.6) is 0 Å². The summed E-state index contributed by atoms with van der Waals surface area (Å²) in [6.07, 6.45) is 6.62. The van der Waals surface area contributed by atoms with Crippen LogP contribution in [0.4, 0.5) is 5.69 Å². The summed E-state index contributed by atoms with van der Waals surface area (Å²) in [6.45, 7) is 16.3. The van der Waals surface area contributed by atoms with Crippen molar-refractivity contribution in [3.63, 3.8) is 0 Å². The highest BCUT2D eigenvalue weighted by Crippen LogP contribution is 2.51. The second-order valence-electron chi connectivity index (χ2n) is 21.3. The number of hydrogen-bond acceptors (Lipinski definition) is 22. The van der Waals surface area contributed by atoms with E-state index < -0.39 is 54.1 Å². The maximum Gasteiger partial charge on any atom is 0.333 e. The smallest absolute Gasteiger partial charge is 0.333 e. The predicted octanol–water partition coefficient (Wildman–Crippen LogP) is 4.30. The number of aliphatic hydroxyl groups is 1. The lowest BCUT2D eigenvalue weighted by atomic mass is 9.77. The largest absolute Gasteiger partial charge is 0.748 e. The summed E-state index contributed by atoms with van der Waals surface area (Å²) in [5.41, 5.74) is 2.09. The number of imide groups is 1. The molecule has 1 aromatic rings. The molecule has 85 heavy (non-hydrogen) atoms. The van der Waals surface area contributed by atoms with E-state index in [1.165, 1.54) is 18.2 Å². The minimum absolute atomic E-state index is 0.0289. The van der Waals surface area contributed by atoms with Crippen molar-refractivity contribution >= 4 is 49.8 Å². The van der Waals surface area contributed by atoms with Crippen LogP contribution in [-0.4, -0.2) is 205 Å². The quantitative estimate of drug-likeness (QED) is 0.0357. The topological polar surface area (TPSA) is 301 Å². The Balaban J connectivity index is 1.39. The van der Waals surface area contributed by atoms with Crippen molar-refractivity contribution in [3.05, 3.63) is 82.6 Å². The molecule has 1 fully saturated rings. The van der Waals surface area contributed by atoms with Crippen LogP contribution in [0.15, 0.2) is 69.6 Å². The number of carbonyl (C=O) groups excluding carboxylic acids is 3. The number of hydrogen-bond donors (Lipinski definition) is 1. The summed E-state index contributed by atoms with van der Waals surface area (Å²) >= 11 is 0. The van der Waals surface area contributed by atoms with Crippen molar-refractivity contribution in [1.29, 1.82) is 0 Å². The first-order valence-electron chi connectivity index (χ1n) is 28.8. The van der Waals surface area contributed by atoms with Gasteiger partial charge in [0.2, 0.25) is 5.36 Å². The average Bonchev–Trinajstić information content (AvgIpc) is 1.73. The molecule has 0 radical (unpaired) electrons. The van der Waals surface area contributed by atoms with Gasteiger partial charge in [-0.2, -0.15) is 0 Å². The first kappa shape index (κ1) is 70.7. The van der Waals surface area contributed by atoms with E-state index in [9.17, 15) is 40.3 Å². The second kappa shape index (κ2) is 36.3. The van der Waals surface area contributed by atoms with Gasteiger partial charge in [-0.05, 0) is 91.6 Å². The Bertz CT molecular complexity index is 2890. The number of benzene rings is 2. The second-order valence-corrected chi connectivity index (χ2v) is 24.2. The van der Waals surface area contributed by atoms with Crippen LogP contribution in [0, 0.1) is 0 Å². The van der Waals surface area contributed by atoms with Gasteiger partial charge in [-0.25, -0.2) is 26.2 Å². The Labute approximate surface area is 499 Å². The molecule has 1 saturated heterocycles. The predicted molar refractivity (Wildman–Crippen MR) is 310 cm³/mol. The lowest BCUT2D eigenvalue weighted by molar-refractivity contribution is -0.197. The average molecular weight is 1240 g/mol. The van der Waals surface area contributed by atoms with Gasteiger partial charge in [0.1, 0.15) is 34.9 Å². The van der Waals surface area contributed by atoms with Gasteiger partial charge in [0.05, 0.1) is 127 Å². The fraction of sp³-hybridized carbons (Fsp3) is 0.627. The number of nitrogens with zero attached hydrogens (tertiary/aromatic N) is 3. The number of aliphatic hydroxyl groups excluding tert-OH is 1. The Morgan fingerprint density at radius 2 is 1.27 bits per heavy atom. The number of rotatable bonds is 43. The van der Waals surface area contributed by atoms with Gasteiger partial charge in [-0.1, -0.05) is 33.3 Å². The first-order valence-corrected chi connectivity index (χ1v) is 31.8. The summed E-state index contributed by atoms with van der Waals surface area (Å²) in [5.74, 6) is -1.46. The van der Waals surface area contributed by atoms with Crippen LogP contribution in [0.1, 0.15) is 95.9 Å². The lowest BCUT2D eigenvalue weighted by Gasteiger charge is -2.31. The molecule has 1 aromatic carbocycles. The van der Waals surface area contributed by atoms with E-state index in [4.69, 9.17) is 57.0 Å². The van der Waals surface area contributed by atoms with Crippen molar-refractivity contribution in [3.8, 4) is 11.3 Å². The minimum Gasteiger partial charge on any atom is -0.748 e. The third-order valence-corrected chi connectivity index (χ3v) is 15.5. The third-order valence-electron chi connectivity index (χ3n) is 13.9. The molecule has 4 aliphatic rings. The Kier molecular flexibility index (Phi) is 30.2. The van der Waals surface area contributed by atoms with Crippen molar-refractivity contribution in [2.45, 2.75) is 94.8 Å². The number of unbranched alkanes of at least 4 members (excludes halogenated alkanes) is 2. The van der Waals surface area contributed by atoms with Crippen LogP contribution in [-0.2, 0) is 92.9 Å².